The summed E-state index contributed by atoms with van der Waals surface area (Å²) in [6, 6.07) is 0. The van der Waals surface area contributed by atoms with Gasteiger partial charge in [-0.05, 0) is 32.1 Å². The van der Waals surface area contributed by atoms with E-state index in [9.17, 15) is 9.59 Å². The van der Waals surface area contributed by atoms with Crippen molar-refractivity contribution in [1.29, 1.82) is 0 Å². The first-order valence-electron chi connectivity index (χ1n) is 9.97. The summed E-state index contributed by atoms with van der Waals surface area (Å²) in [5, 5.41) is 5.90. The molecule has 27 heavy (non-hydrogen) atoms. The zero-order valence-corrected chi connectivity index (χ0v) is 16.8. The molecule has 2 amide bonds. The van der Waals surface area contributed by atoms with Crippen molar-refractivity contribution in [2.24, 2.45) is 5.92 Å². The van der Waals surface area contributed by atoms with E-state index in [2.05, 4.69) is 15.5 Å². The Morgan fingerprint density at radius 2 is 2.04 bits per heavy atom. The molecule has 1 unspecified atom stereocenters. The van der Waals surface area contributed by atoms with Crippen LogP contribution in [0.3, 0.4) is 0 Å². The third-order valence-electron chi connectivity index (χ3n) is 5.13. The van der Waals surface area contributed by atoms with Crippen molar-refractivity contribution in [2.75, 3.05) is 66.3 Å². The minimum absolute atomic E-state index is 0.0348. The van der Waals surface area contributed by atoms with Crippen LogP contribution in [0.4, 0.5) is 0 Å². The summed E-state index contributed by atoms with van der Waals surface area (Å²) in [6.45, 7) is 6.57. The number of amides is 2. The molecule has 2 rings (SSSR count). The molecule has 1 aliphatic carbocycles. The van der Waals surface area contributed by atoms with Crippen LogP contribution in [-0.4, -0.2) is 88.6 Å². The van der Waals surface area contributed by atoms with Crippen molar-refractivity contribution in [3.63, 3.8) is 0 Å². The van der Waals surface area contributed by atoms with Gasteiger partial charge in [0.25, 0.3) is 0 Å². The Morgan fingerprint density at radius 1 is 1.22 bits per heavy atom. The fourth-order valence-corrected chi connectivity index (χ4v) is 3.28. The van der Waals surface area contributed by atoms with E-state index < -0.39 is 5.60 Å². The second kappa shape index (κ2) is 11.6. The van der Waals surface area contributed by atoms with Gasteiger partial charge in [0, 0.05) is 46.5 Å². The Kier molecular flexibility index (Phi) is 9.47. The molecule has 0 aromatic heterocycles. The molecule has 2 fully saturated rings. The van der Waals surface area contributed by atoms with Crippen molar-refractivity contribution < 1.29 is 23.8 Å². The SMILES string of the molecule is COCCCOCC(=O)NCC1(C)CN(CC(=O)NCC2CCC2)CCO1. The third kappa shape index (κ3) is 8.55. The van der Waals surface area contributed by atoms with Crippen LogP contribution in [0.2, 0.25) is 0 Å². The fraction of sp³-hybridized carbons (Fsp3) is 0.895. The first-order chi connectivity index (χ1) is 13.0. The molecule has 1 aliphatic heterocycles. The molecular weight excluding hydrogens is 350 g/mol. The van der Waals surface area contributed by atoms with Gasteiger partial charge in [-0.25, -0.2) is 0 Å². The first kappa shape index (κ1) is 22.1. The van der Waals surface area contributed by atoms with Gasteiger partial charge in [-0.2, -0.15) is 0 Å². The zero-order valence-electron chi connectivity index (χ0n) is 16.8. The van der Waals surface area contributed by atoms with E-state index in [-0.39, 0.29) is 18.4 Å². The van der Waals surface area contributed by atoms with Crippen molar-refractivity contribution in [3.8, 4) is 0 Å². The van der Waals surface area contributed by atoms with Crippen LogP contribution in [0.25, 0.3) is 0 Å². The maximum atomic E-state index is 12.1. The molecule has 2 N–H and O–H groups in total. The van der Waals surface area contributed by atoms with Crippen LogP contribution in [0.15, 0.2) is 0 Å². The summed E-state index contributed by atoms with van der Waals surface area (Å²) in [4.78, 5) is 26.1. The predicted molar refractivity (Wildman–Crippen MR) is 101 cm³/mol. The molecule has 0 radical (unpaired) electrons. The lowest BCUT2D eigenvalue weighted by atomic mass is 9.85. The minimum atomic E-state index is -0.502. The largest absolute Gasteiger partial charge is 0.385 e. The van der Waals surface area contributed by atoms with Crippen molar-refractivity contribution in [2.45, 2.75) is 38.2 Å². The Morgan fingerprint density at radius 3 is 2.74 bits per heavy atom. The summed E-state index contributed by atoms with van der Waals surface area (Å²) >= 11 is 0. The van der Waals surface area contributed by atoms with Crippen LogP contribution in [0.1, 0.15) is 32.6 Å². The van der Waals surface area contributed by atoms with Crippen molar-refractivity contribution in [3.05, 3.63) is 0 Å². The summed E-state index contributed by atoms with van der Waals surface area (Å²) in [5.41, 5.74) is -0.502. The molecule has 0 bridgehead atoms. The highest BCUT2D eigenvalue weighted by atomic mass is 16.5. The van der Waals surface area contributed by atoms with Crippen LogP contribution in [-0.2, 0) is 23.8 Å². The maximum Gasteiger partial charge on any atom is 0.246 e. The molecule has 0 aromatic carbocycles. The van der Waals surface area contributed by atoms with E-state index in [1.54, 1.807) is 7.11 Å². The average Bonchev–Trinajstić information content (AvgIpc) is 2.58. The topological polar surface area (TPSA) is 89.1 Å². The molecule has 1 saturated heterocycles. The van der Waals surface area contributed by atoms with Crippen LogP contribution in [0, 0.1) is 5.92 Å². The van der Waals surface area contributed by atoms with Gasteiger partial charge in [-0.15, -0.1) is 0 Å². The highest BCUT2D eigenvalue weighted by Crippen LogP contribution is 2.25. The highest BCUT2D eigenvalue weighted by molar-refractivity contribution is 5.78. The number of hydrogen-bond acceptors (Lipinski definition) is 6. The van der Waals surface area contributed by atoms with E-state index in [0.717, 1.165) is 19.5 Å². The van der Waals surface area contributed by atoms with Gasteiger partial charge >= 0.3 is 0 Å². The number of morpholine rings is 1. The van der Waals surface area contributed by atoms with Crippen molar-refractivity contribution >= 4 is 11.8 Å². The molecule has 1 heterocycles. The number of rotatable bonds is 12. The zero-order chi connectivity index (χ0) is 19.5. The number of nitrogens with one attached hydrogen (secondary N) is 2. The number of methoxy groups -OCH3 is 1. The standard InChI is InChI=1S/C19H35N3O5/c1-19(14-21-18(24)13-26-9-4-8-25-2)15-22(7-10-27-19)12-17(23)20-11-16-5-3-6-16/h16H,3-15H2,1-2H3,(H,20,23)(H,21,24). The molecule has 156 valence electrons. The van der Waals surface area contributed by atoms with Gasteiger partial charge in [0.1, 0.15) is 6.61 Å². The normalized spacial score (nSPS) is 23.6. The molecule has 1 atom stereocenters. The minimum Gasteiger partial charge on any atom is -0.385 e. The summed E-state index contributed by atoms with van der Waals surface area (Å²) < 4.78 is 16.1. The molecule has 0 aromatic rings. The Bertz CT molecular complexity index is 472. The van der Waals surface area contributed by atoms with E-state index in [4.69, 9.17) is 14.2 Å². The highest BCUT2D eigenvalue weighted by Gasteiger charge is 2.33. The summed E-state index contributed by atoms with van der Waals surface area (Å²) in [5.74, 6) is 0.572. The lowest BCUT2D eigenvalue weighted by Gasteiger charge is -2.40. The fourth-order valence-electron chi connectivity index (χ4n) is 3.28. The van der Waals surface area contributed by atoms with Crippen LogP contribution >= 0.6 is 0 Å². The van der Waals surface area contributed by atoms with Crippen molar-refractivity contribution in [1.82, 2.24) is 15.5 Å². The number of carbonyl (C=O) groups excluding carboxylic acids is 2. The van der Waals surface area contributed by atoms with Crippen LogP contribution in [0.5, 0.6) is 0 Å². The average molecular weight is 386 g/mol. The van der Waals surface area contributed by atoms with E-state index in [0.29, 0.717) is 45.4 Å². The van der Waals surface area contributed by atoms with Gasteiger partial charge in [0.2, 0.25) is 11.8 Å². The quantitative estimate of drug-likeness (QED) is 0.466. The molecular formula is C19H35N3O5. The molecule has 0 spiro atoms. The Hall–Kier alpha value is -1.22. The van der Waals surface area contributed by atoms with E-state index in [1.165, 1.54) is 19.3 Å². The molecule has 1 saturated carbocycles. The van der Waals surface area contributed by atoms with Gasteiger partial charge in [-0.3, -0.25) is 14.5 Å². The van der Waals surface area contributed by atoms with Gasteiger partial charge in [0.05, 0.1) is 18.8 Å². The van der Waals surface area contributed by atoms with Gasteiger partial charge < -0.3 is 24.8 Å². The van der Waals surface area contributed by atoms with Gasteiger partial charge in [0.15, 0.2) is 0 Å². The lowest BCUT2D eigenvalue weighted by Crippen LogP contribution is -2.57. The van der Waals surface area contributed by atoms with Crippen LogP contribution < -0.4 is 10.6 Å². The molecule has 8 heteroatoms. The summed E-state index contributed by atoms with van der Waals surface area (Å²) in [7, 11) is 1.64. The smallest absolute Gasteiger partial charge is 0.246 e. The first-order valence-corrected chi connectivity index (χ1v) is 9.97. The Balaban J connectivity index is 1.62. The van der Waals surface area contributed by atoms with E-state index >= 15 is 0 Å². The predicted octanol–water partition coefficient (Wildman–Crippen LogP) is 0.163. The second-order valence-corrected chi connectivity index (χ2v) is 7.79. The third-order valence-corrected chi connectivity index (χ3v) is 5.13. The Labute approximate surface area is 162 Å². The molecule has 2 aliphatic rings. The lowest BCUT2D eigenvalue weighted by molar-refractivity contribution is -0.134. The number of ether oxygens (including phenoxy) is 3. The number of nitrogens with zero attached hydrogens (tertiary/aromatic N) is 1. The number of hydrogen-bond donors (Lipinski definition) is 2. The van der Waals surface area contributed by atoms with E-state index in [1.807, 2.05) is 6.92 Å². The number of carbonyl (C=O) groups is 2. The summed E-state index contributed by atoms with van der Waals surface area (Å²) in [6.07, 6.45) is 4.51. The second-order valence-electron chi connectivity index (χ2n) is 7.79. The maximum absolute atomic E-state index is 12.1. The monoisotopic (exact) mass is 385 g/mol. The van der Waals surface area contributed by atoms with Gasteiger partial charge in [-0.1, -0.05) is 6.42 Å². The molecule has 8 nitrogen and oxygen atoms in total.